The fourth-order valence-corrected chi connectivity index (χ4v) is 2.68. The average molecular weight is 236 g/mol. The summed E-state index contributed by atoms with van der Waals surface area (Å²) >= 11 is 0. The zero-order valence-electron chi connectivity index (χ0n) is 9.39. The number of nitrogens with zero attached hydrogens (tertiary/aromatic N) is 2. The minimum absolute atomic E-state index is 0.115. The van der Waals surface area contributed by atoms with Gasteiger partial charge in [0.25, 0.3) is 0 Å². The lowest BCUT2D eigenvalue weighted by Gasteiger charge is -2.25. The molecule has 1 saturated heterocycles. The summed E-state index contributed by atoms with van der Waals surface area (Å²) in [5, 5.41) is 9.03. The van der Waals surface area contributed by atoms with Gasteiger partial charge >= 0.3 is 0 Å². The Balaban J connectivity index is 2.56. The lowest BCUT2D eigenvalue weighted by molar-refractivity contribution is 0.140. The molecule has 1 unspecified atom stereocenters. The second kappa shape index (κ2) is 5.25. The first-order valence-electron chi connectivity index (χ1n) is 5.25. The van der Waals surface area contributed by atoms with E-state index in [9.17, 15) is 8.42 Å². The molecular formula is C9H20N2O3S. The molecule has 1 aliphatic rings. The van der Waals surface area contributed by atoms with E-state index < -0.39 is 10.0 Å². The summed E-state index contributed by atoms with van der Waals surface area (Å²) in [5.41, 5.74) is 0. The predicted octanol–water partition coefficient (Wildman–Crippen LogP) is -0.665. The fourth-order valence-electron chi connectivity index (χ4n) is 1.80. The van der Waals surface area contributed by atoms with Crippen LogP contribution in [0.4, 0.5) is 0 Å². The smallest absolute Gasteiger partial charge is 0.211 e. The molecule has 1 atom stereocenters. The van der Waals surface area contributed by atoms with E-state index in [1.165, 1.54) is 10.6 Å². The molecule has 90 valence electrons. The zero-order valence-corrected chi connectivity index (χ0v) is 10.2. The van der Waals surface area contributed by atoms with Gasteiger partial charge in [-0.1, -0.05) is 0 Å². The van der Waals surface area contributed by atoms with E-state index in [0.717, 1.165) is 13.0 Å². The Morgan fingerprint density at radius 1 is 1.27 bits per heavy atom. The number of aliphatic hydroxyl groups excluding tert-OH is 1. The van der Waals surface area contributed by atoms with Crippen molar-refractivity contribution in [3.63, 3.8) is 0 Å². The van der Waals surface area contributed by atoms with E-state index in [1.807, 2.05) is 6.92 Å². The quantitative estimate of drug-likeness (QED) is 0.706. The van der Waals surface area contributed by atoms with E-state index in [1.54, 1.807) is 0 Å². The Morgan fingerprint density at radius 3 is 2.47 bits per heavy atom. The summed E-state index contributed by atoms with van der Waals surface area (Å²) in [6, 6.07) is 0.115. The van der Waals surface area contributed by atoms with Gasteiger partial charge in [-0.25, -0.2) is 12.7 Å². The van der Waals surface area contributed by atoms with Crippen molar-refractivity contribution in [2.24, 2.45) is 0 Å². The van der Waals surface area contributed by atoms with Gasteiger partial charge in [0, 0.05) is 25.7 Å². The summed E-state index contributed by atoms with van der Waals surface area (Å²) in [6.45, 7) is 4.76. The molecule has 6 heteroatoms. The fraction of sp³-hybridized carbons (Fsp3) is 1.00. The molecule has 5 nitrogen and oxygen atoms in total. The molecule has 0 bridgehead atoms. The van der Waals surface area contributed by atoms with E-state index in [4.69, 9.17) is 5.11 Å². The summed E-state index contributed by atoms with van der Waals surface area (Å²) in [7, 11) is -3.06. The van der Waals surface area contributed by atoms with Crippen molar-refractivity contribution in [3.8, 4) is 0 Å². The molecule has 15 heavy (non-hydrogen) atoms. The Hall–Kier alpha value is -0.170. The van der Waals surface area contributed by atoms with Crippen LogP contribution >= 0.6 is 0 Å². The molecule has 0 aromatic rings. The first-order valence-corrected chi connectivity index (χ1v) is 7.10. The standard InChI is InChI=1S/C9H20N2O3S/c1-9(8-12)10-4-3-5-11(7-6-10)15(2,13)14/h9,12H,3-8H2,1-2H3. The van der Waals surface area contributed by atoms with Crippen molar-refractivity contribution in [2.75, 3.05) is 39.0 Å². The van der Waals surface area contributed by atoms with Crippen molar-refractivity contribution >= 4 is 10.0 Å². The van der Waals surface area contributed by atoms with Crippen LogP contribution in [-0.4, -0.2) is 67.8 Å². The maximum Gasteiger partial charge on any atom is 0.211 e. The molecule has 0 amide bonds. The monoisotopic (exact) mass is 236 g/mol. The van der Waals surface area contributed by atoms with E-state index in [-0.39, 0.29) is 12.6 Å². The Morgan fingerprint density at radius 2 is 1.93 bits per heavy atom. The largest absolute Gasteiger partial charge is 0.395 e. The highest BCUT2D eigenvalue weighted by atomic mass is 32.2. The van der Waals surface area contributed by atoms with E-state index in [0.29, 0.717) is 19.6 Å². The lowest BCUT2D eigenvalue weighted by atomic mass is 10.3. The van der Waals surface area contributed by atoms with Crippen LogP contribution < -0.4 is 0 Å². The number of hydrogen-bond acceptors (Lipinski definition) is 4. The molecule has 0 aromatic carbocycles. The van der Waals surface area contributed by atoms with Crippen LogP contribution in [0.2, 0.25) is 0 Å². The summed E-state index contributed by atoms with van der Waals surface area (Å²) in [4.78, 5) is 2.13. The van der Waals surface area contributed by atoms with E-state index in [2.05, 4.69) is 4.90 Å². The van der Waals surface area contributed by atoms with Gasteiger partial charge in [-0.05, 0) is 19.9 Å². The van der Waals surface area contributed by atoms with Crippen LogP contribution in [0.5, 0.6) is 0 Å². The summed E-state index contributed by atoms with van der Waals surface area (Å²) < 4.78 is 24.2. The Kier molecular flexibility index (Phi) is 4.51. The van der Waals surface area contributed by atoms with Crippen LogP contribution in [0, 0.1) is 0 Å². The average Bonchev–Trinajstić information content (AvgIpc) is 2.40. The second-order valence-electron chi connectivity index (χ2n) is 4.08. The Labute approximate surface area is 91.7 Å². The third kappa shape index (κ3) is 3.71. The molecule has 1 fully saturated rings. The SMILES string of the molecule is CC(CO)N1CCCN(S(C)(=O)=O)CC1. The number of hydrogen-bond donors (Lipinski definition) is 1. The number of sulfonamides is 1. The van der Waals surface area contributed by atoms with Gasteiger partial charge in [0.05, 0.1) is 12.9 Å². The maximum atomic E-state index is 11.3. The van der Waals surface area contributed by atoms with Gasteiger partial charge in [-0.15, -0.1) is 0 Å². The number of rotatable bonds is 3. The summed E-state index contributed by atoms with van der Waals surface area (Å²) in [5.74, 6) is 0. The highest BCUT2D eigenvalue weighted by molar-refractivity contribution is 7.88. The third-order valence-electron chi connectivity index (χ3n) is 2.85. The van der Waals surface area contributed by atoms with Gasteiger partial charge in [0.2, 0.25) is 10.0 Å². The molecule has 1 aliphatic heterocycles. The minimum atomic E-state index is -3.06. The van der Waals surface area contributed by atoms with Crippen LogP contribution in [-0.2, 0) is 10.0 Å². The first-order chi connectivity index (χ1) is 6.95. The maximum absolute atomic E-state index is 11.3. The highest BCUT2D eigenvalue weighted by Gasteiger charge is 2.23. The molecule has 1 N–H and O–H groups in total. The van der Waals surface area contributed by atoms with Crippen LogP contribution in [0.25, 0.3) is 0 Å². The first kappa shape index (κ1) is 12.9. The lowest BCUT2D eigenvalue weighted by Crippen LogP contribution is -2.39. The van der Waals surface area contributed by atoms with Gasteiger partial charge in [0.15, 0.2) is 0 Å². The van der Waals surface area contributed by atoms with Crippen LogP contribution in [0.3, 0.4) is 0 Å². The molecule has 0 radical (unpaired) electrons. The van der Waals surface area contributed by atoms with Crippen LogP contribution in [0.1, 0.15) is 13.3 Å². The van der Waals surface area contributed by atoms with Gasteiger partial charge in [-0.3, -0.25) is 4.90 Å². The van der Waals surface area contributed by atoms with E-state index >= 15 is 0 Å². The highest BCUT2D eigenvalue weighted by Crippen LogP contribution is 2.09. The second-order valence-corrected chi connectivity index (χ2v) is 6.07. The topological polar surface area (TPSA) is 60.9 Å². The molecule has 0 spiro atoms. The normalized spacial score (nSPS) is 23.7. The van der Waals surface area contributed by atoms with Crippen molar-refractivity contribution in [1.82, 2.24) is 9.21 Å². The predicted molar refractivity (Wildman–Crippen MR) is 59.2 cm³/mol. The van der Waals surface area contributed by atoms with Gasteiger partial charge < -0.3 is 5.11 Å². The van der Waals surface area contributed by atoms with Gasteiger partial charge in [-0.2, -0.15) is 0 Å². The molecule has 0 saturated carbocycles. The molecule has 1 rings (SSSR count). The molecule has 0 aromatic heterocycles. The molecule has 0 aliphatic carbocycles. The van der Waals surface area contributed by atoms with Gasteiger partial charge in [0.1, 0.15) is 0 Å². The Bertz CT molecular complexity index is 292. The van der Waals surface area contributed by atoms with Crippen molar-refractivity contribution in [2.45, 2.75) is 19.4 Å². The third-order valence-corrected chi connectivity index (χ3v) is 4.15. The van der Waals surface area contributed by atoms with Crippen LogP contribution in [0.15, 0.2) is 0 Å². The van der Waals surface area contributed by atoms with Crippen molar-refractivity contribution in [3.05, 3.63) is 0 Å². The van der Waals surface area contributed by atoms with Crippen molar-refractivity contribution < 1.29 is 13.5 Å². The minimum Gasteiger partial charge on any atom is -0.395 e. The molecule has 1 heterocycles. The zero-order chi connectivity index (χ0) is 11.5. The van der Waals surface area contributed by atoms with Crippen molar-refractivity contribution in [1.29, 1.82) is 0 Å². The number of aliphatic hydroxyl groups is 1. The summed E-state index contributed by atoms with van der Waals surface area (Å²) in [6.07, 6.45) is 2.08. The molecular weight excluding hydrogens is 216 g/mol.